The number of rotatable bonds is 5. The average molecular weight is 831 g/mol. The van der Waals surface area contributed by atoms with Gasteiger partial charge in [0.25, 0.3) is 0 Å². The summed E-state index contributed by atoms with van der Waals surface area (Å²) in [6, 6.07) is 53.7. The standard InChI is InChI=1S/C43H37N4.CN.Pt/c1-43(2,3)33-26-34(45-29-44(4)38-22-11-12-23-39(38)45)28-35(27-33)46-30-47(41-25-14-13-24-40(41)46)42-36(31-16-7-5-8-17-31)20-15-21-37(42)32-18-9-6-10-19-32;1-2;/h5-27,29-30H,1-4H3;;/q-3;-1;+4. The summed E-state index contributed by atoms with van der Waals surface area (Å²) >= 11 is 0. The number of hydrogen-bond donors (Lipinski definition) is 0. The zero-order valence-corrected chi connectivity index (χ0v) is 30.8. The Kier molecular flexibility index (Phi) is 9.87. The Morgan fingerprint density at radius 2 is 0.960 bits per heavy atom. The van der Waals surface area contributed by atoms with Gasteiger partial charge in [-0.3, -0.25) is 0 Å². The molecule has 0 saturated carbocycles. The third kappa shape index (κ3) is 6.28. The molecule has 0 fully saturated rings. The van der Waals surface area contributed by atoms with Crippen molar-refractivity contribution in [2.45, 2.75) is 26.2 Å². The first kappa shape index (κ1) is 34.6. The fourth-order valence-corrected chi connectivity index (χ4v) is 6.67. The summed E-state index contributed by atoms with van der Waals surface area (Å²) < 4.78 is 0. The maximum Gasteiger partial charge on any atom is 4.00 e. The summed E-state index contributed by atoms with van der Waals surface area (Å²) in [6.07, 6.45) is 0. The molecule has 248 valence electrons. The number of anilines is 7. The molecule has 0 atom stereocenters. The molecule has 8 rings (SSSR count). The number of benzene rings is 6. The fourth-order valence-electron chi connectivity index (χ4n) is 6.67. The van der Waals surface area contributed by atoms with Crippen LogP contribution in [0.3, 0.4) is 0 Å². The van der Waals surface area contributed by atoms with Crippen LogP contribution in [0.4, 0.5) is 39.8 Å². The van der Waals surface area contributed by atoms with E-state index in [9.17, 15) is 0 Å². The van der Waals surface area contributed by atoms with Crippen LogP contribution in [0.1, 0.15) is 26.3 Å². The van der Waals surface area contributed by atoms with E-state index in [4.69, 9.17) is 11.8 Å². The summed E-state index contributed by atoms with van der Waals surface area (Å²) in [6.45, 7) is 16.0. The van der Waals surface area contributed by atoms with Gasteiger partial charge in [0.1, 0.15) is 0 Å². The summed E-state index contributed by atoms with van der Waals surface area (Å²) in [5.74, 6) is 0. The van der Waals surface area contributed by atoms with Gasteiger partial charge >= 0.3 is 21.1 Å². The van der Waals surface area contributed by atoms with Crippen molar-refractivity contribution in [3.05, 3.63) is 171 Å². The van der Waals surface area contributed by atoms with E-state index in [2.05, 4.69) is 206 Å². The molecule has 2 heterocycles. The van der Waals surface area contributed by atoms with Crippen LogP contribution < -0.4 is 19.6 Å². The Hall–Kier alpha value is -5.30. The van der Waals surface area contributed by atoms with E-state index in [0.29, 0.717) is 0 Å². The van der Waals surface area contributed by atoms with E-state index in [0.717, 1.165) is 34.1 Å². The van der Waals surface area contributed by atoms with Gasteiger partial charge in [-0.25, -0.2) is 0 Å². The molecule has 0 unspecified atom stereocenters. The molecule has 0 aromatic heterocycles. The maximum absolute atomic E-state index is 6.25. The topological polar surface area (TPSA) is 36.8 Å². The van der Waals surface area contributed by atoms with Gasteiger partial charge in [-0.1, -0.05) is 124 Å². The molecule has 0 amide bonds. The second-order valence-electron chi connectivity index (χ2n) is 13.3. The summed E-state index contributed by atoms with van der Waals surface area (Å²) in [7, 11) is 2.10. The van der Waals surface area contributed by atoms with E-state index in [-0.39, 0.29) is 26.5 Å². The average Bonchev–Trinajstić information content (AvgIpc) is 3.70. The number of hydrogen-bond acceptors (Lipinski definition) is 5. The second-order valence-corrected chi connectivity index (χ2v) is 13.3. The quantitative estimate of drug-likeness (QED) is 0.162. The Morgan fingerprint density at radius 3 is 1.46 bits per heavy atom. The van der Waals surface area contributed by atoms with Crippen molar-refractivity contribution < 1.29 is 21.1 Å². The van der Waals surface area contributed by atoms with Gasteiger partial charge in [0.05, 0.1) is 0 Å². The molecule has 6 aromatic carbocycles. The first-order valence-corrected chi connectivity index (χ1v) is 16.4. The third-order valence-electron chi connectivity index (χ3n) is 9.11. The second kappa shape index (κ2) is 14.3. The van der Waals surface area contributed by atoms with Gasteiger partial charge in [-0.05, 0) is 47.9 Å². The van der Waals surface area contributed by atoms with Crippen molar-refractivity contribution in [3.63, 3.8) is 0 Å². The molecule has 6 heteroatoms. The minimum atomic E-state index is -0.0664. The molecule has 50 heavy (non-hydrogen) atoms. The van der Waals surface area contributed by atoms with E-state index < -0.39 is 0 Å². The molecule has 2 aliphatic rings. The minimum Gasteiger partial charge on any atom is -0.512 e. The predicted octanol–water partition coefficient (Wildman–Crippen LogP) is 11.3. The zero-order valence-electron chi connectivity index (χ0n) is 28.5. The largest absolute Gasteiger partial charge is 4.00 e. The van der Waals surface area contributed by atoms with Crippen LogP contribution in [-0.2, 0) is 26.5 Å². The molecule has 2 aliphatic heterocycles. The molecular weight excluding hydrogens is 794 g/mol. The van der Waals surface area contributed by atoms with Gasteiger partial charge in [-0.15, -0.1) is 41.8 Å². The molecule has 0 bridgehead atoms. The van der Waals surface area contributed by atoms with Crippen molar-refractivity contribution in [2.75, 3.05) is 26.6 Å². The van der Waals surface area contributed by atoms with Crippen LogP contribution in [0.2, 0.25) is 0 Å². The van der Waals surface area contributed by atoms with Crippen molar-refractivity contribution in [1.82, 2.24) is 0 Å². The smallest absolute Gasteiger partial charge is 0.512 e. The van der Waals surface area contributed by atoms with Crippen molar-refractivity contribution in [1.29, 1.82) is 5.26 Å². The Morgan fingerprint density at radius 1 is 0.540 bits per heavy atom. The van der Waals surface area contributed by atoms with Crippen LogP contribution in [0, 0.1) is 31.2 Å². The Bertz CT molecular complexity index is 2060. The molecule has 6 aromatic rings. The normalized spacial score (nSPS) is 13.2. The third-order valence-corrected chi connectivity index (χ3v) is 9.11. The van der Waals surface area contributed by atoms with Crippen molar-refractivity contribution >= 4 is 39.8 Å². The monoisotopic (exact) mass is 830 g/mol. The molecule has 0 saturated heterocycles. The first-order valence-electron chi connectivity index (χ1n) is 16.4. The maximum atomic E-state index is 6.25. The number of nitrogens with zero attached hydrogens (tertiary/aromatic N) is 5. The van der Waals surface area contributed by atoms with Gasteiger partial charge < -0.3 is 31.4 Å². The SMILES string of the molecule is CN1[CH-]N(c2[c-]c(N3[CH-]N(c4c(-c5ccccc5)cccc4-c4ccccc4)c4ccccc43)cc(C(C)(C)C)c2)c2ccccc21.[C-]#N.[Pt+4]. The number of para-hydroxylation sites is 5. The summed E-state index contributed by atoms with van der Waals surface area (Å²) in [4.78, 5) is 9.10. The predicted molar refractivity (Wildman–Crippen MR) is 203 cm³/mol. The van der Waals surface area contributed by atoms with E-state index in [1.54, 1.807) is 0 Å². The van der Waals surface area contributed by atoms with Gasteiger partial charge in [-0.2, -0.15) is 6.67 Å². The zero-order chi connectivity index (χ0) is 34.1. The minimum absolute atomic E-state index is 0. The molecule has 0 aliphatic carbocycles. The van der Waals surface area contributed by atoms with E-state index >= 15 is 0 Å². The molecular formula is C44H37N5Pt. The van der Waals surface area contributed by atoms with E-state index in [1.165, 1.54) is 33.5 Å². The van der Waals surface area contributed by atoms with Crippen LogP contribution in [0.25, 0.3) is 22.3 Å². The van der Waals surface area contributed by atoms with Gasteiger partial charge in [0.15, 0.2) is 0 Å². The summed E-state index contributed by atoms with van der Waals surface area (Å²) in [5, 5.41) is 6.25. The van der Waals surface area contributed by atoms with Gasteiger partial charge in [0.2, 0.25) is 0 Å². The van der Waals surface area contributed by atoms with Crippen LogP contribution >= 0.6 is 0 Å². The first-order chi connectivity index (χ1) is 23.9. The Balaban J connectivity index is 0.00000142. The van der Waals surface area contributed by atoms with Crippen molar-refractivity contribution in [2.24, 2.45) is 0 Å². The fraction of sp³-hybridized carbons (Fsp3) is 0.114. The van der Waals surface area contributed by atoms with Crippen LogP contribution in [-0.4, -0.2) is 7.05 Å². The van der Waals surface area contributed by atoms with Crippen LogP contribution in [0.15, 0.2) is 140 Å². The van der Waals surface area contributed by atoms with Crippen LogP contribution in [0.5, 0.6) is 0 Å². The van der Waals surface area contributed by atoms with E-state index in [1.807, 2.05) is 0 Å². The molecule has 0 radical (unpaired) electrons. The number of fused-ring (bicyclic) bond motifs is 2. The summed E-state index contributed by atoms with van der Waals surface area (Å²) in [5.41, 5.74) is 13.6. The molecule has 5 nitrogen and oxygen atoms in total. The Labute approximate surface area is 310 Å². The van der Waals surface area contributed by atoms with Crippen molar-refractivity contribution in [3.8, 4) is 22.3 Å². The van der Waals surface area contributed by atoms with Gasteiger partial charge in [0, 0.05) is 39.6 Å². The molecule has 0 N–H and O–H groups in total. The molecule has 0 spiro atoms.